The lowest BCUT2D eigenvalue weighted by molar-refractivity contribution is -0.137. The summed E-state index contributed by atoms with van der Waals surface area (Å²) in [6.07, 6.45) is 3.49. The smallest absolute Gasteiger partial charge is 0.239 e. The van der Waals surface area contributed by atoms with Crippen molar-refractivity contribution in [3.63, 3.8) is 0 Å². The minimum atomic E-state index is -0.129. The van der Waals surface area contributed by atoms with Crippen molar-refractivity contribution in [2.75, 3.05) is 27.3 Å². The Labute approximate surface area is 173 Å². The van der Waals surface area contributed by atoms with Crippen LogP contribution in [0.5, 0.6) is 5.75 Å². The number of amides is 2. The number of benzene rings is 1. The van der Waals surface area contributed by atoms with Gasteiger partial charge in [-0.2, -0.15) is 0 Å². The fourth-order valence-electron chi connectivity index (χ4n) is 4.72. The average Bonchev–Trinajstić information content (AvgIpc) is 3.14. The zero-order valence-electron chi connectivity index (χ0n) is 18.0. The molecule has 0 bridgehead atoms. The number of fused-ring (bicyclic) bond motifs is 1. The number of likely N-dealkylation sites (N-methyl/N-ethyl adjacent to an activating group) is 1. The van der Waals surface area contributed by atoms with Crippen molar-refractivity contribution >= 4 is 11.8 Å². The van der Waals surface area contributed by atoms with E-state index in [0.29, 0.717) is 23.9 Å². The van der Waals surface area contributed by atoms with Gasteiger partial charge >= 0.3 is 0 Å². The zero-order chi connectivity index (χ0) is 21.0. The molecule has 1 saturated carbocycles. The number of carbonyl (C=O) groups is 2. The summed E-state index contributed by atoms with van der Waals surface area (Å²) < 4.78 is 11.3. The molecule has 2 amide bonds. The van der Waals surface area contributed by atoms with Gasteiger partial charge in [-0.15, -0.1) is 0 Å². The average molecular weight is 403 g/mol. The molecule has 3 rings (SSSR count). The molecule has 1 aliphatic carbocycles. The van der Waals surface area contributed by atoms with Crippen LogP contribution in [0.3, 0.4) is 0 Å². The van der Waals surface area contributed by atoms with E-state index in [1.165, 1.54) is 0 Å². The predicted octanol–water partition coefficient (Wildman–Crippen LogP) is 2.65. The molecule has 0 spiro atoms. The summed E-state index contributed by atoms with van der Waals surface area (Å²) in [5, 5.41) is 2.66. The number of rotatable bonds is 7. The lowest BCUT2D eigenvalue weighted by Gasteiger charge is -2.34. The van der Waals surface area contributed by atoms with Crippen molar-refractivity contribution in [1.29, 1.82) is 0 Å². The molecule has 160 valence electrons. The maximum absolute atomic E-state index is 13.2. The summed E-state index contributed by atoms with van der Waals surface area (Å²) in [4.78, 5) is 27.1. The molecular formula is C23H34N2O4. The van der Waals surface area contributed by atoms with Gasteiger partial charge in [-0.25, -0.2) is 0 Å². The van der Waals surface area contributed by atoms with Crippen LogP contribution in [0.4, 0.5) is 0 Å². The predicted molar refractivity (Wildman–Crippen MR) is 112 cm³/mol. The lowest BCUT2D eigenvalue weighted by atomic mass is 9.85. The highest BCUT2D eigenvalue weighted by Crippen LogP contribution is 2.42. The van der Waals surface area contributed by atoms with E-state index in [0.717, 1.165) is 37.2 Å². The fourth-order valence-corrected chi connectivity index (χ4v) is 4.72. The standard InChI is InChI=1S/C23H34N2O4/c1-15(2)21-12-17-10-19(11-18(17)14-29-21)25(13-22(26)24-3)23(27)9-16-6-5-7-20(8-16)28-4/h5-8,15,17-19,21H,9-14H2,1-4H3,(H,24,26)/t17-,18+,19-,21-/m0/s1. The van der Waals surface area contributed by atoms with E-state index in [9.17, 15) is 9.59 Å². The lowest BCUT2D eigenvalue weighted by Crippen LogP contribution is -2.45. The molecule has 0 unspecified atom stereocenters. The Hall–Kier alpha value is -2.08. The number of nitrogens with one attached hydrogen (secondary N) is 1. The first-order chi connectivity index (χ1) is 13.9. The summed E-state index contributed by atoms with van der Waals surface area (Å²) in [7, 11) is 3.23. The molecule has 2 fully saturated rings. The molecule has 1 saturated heterocycles. The molecule has 6 nitrogen and oxygen atoms in total. The molecule has 0 radical (unpaired) electrons. The van der Waals surface area contributed by atoms with Crippen LogP contribution in [-0.4, -0.2) is 56.2 Å². The van der Waals surface area contributed by atoms with E-state index in [1.807, 2.05) is 24.3 Å². The van der Waals surface area contributed by atoms with Crippen molar-refractivity contribution < 1.29 is 19.1 Å². The van der Waals surface area contributed by atoms with E-state index in [1.54, 1.807) is 19.1 Å². The van der Waals surface area contributed by atoms with Crippen LogP contribution in [0, 0.1) is 17.8 Å². The van der Waals surface area contributed by atoms with Crippen LogP contribution in [0.25, 0.3) is 0 Å². The summed E-state index contributed by atoms with van der Waals surface area (Å²) in [5.74, 6) is 2.15. The van der Waals surface area contributed by atoms with Gasteiger partial charge < -0.3 is 19.7 Å². The second kappa shape index (κ2) is 9.61. The van der Waals surface area contributed by atoms with Crippen molar-refractivity contribution in [1.82, 2.24) is 10.2 Å². The van der Waals surface area contributed by atoms with Crippen LogP contribution in [-0.2, 0) is 20.7 Å². The first-order valence-electron chi connectivity index (χ1n) is 10.7. The first-order valence-corrected chi connectivity index (χ1v) is 10.7. The normalized spacial score (nSPS) is 26.1. The number of nitrogens with zero attached hydrogens (tertiary/aromatic N) is 1. The largest absolute Gasteiger partial charge is 0.497 e. The quantitative estimate of drug-likeness (QED) is 0.761. The molecule has 29 heavy (non-hydrogen) atoms. The number of ether oxygens (including phenoxy) is 2. The van der Waals surface area contributed by atoms with E-state index in [4.69, 9.17) is 9.47 Å². The molecule has 4 atom stereocenters. The molecule has 1 N–H and O–H groups in total. The molecule has 6 heteroatoms. The topological polar surface area (TPSA) is 67.9 Å². The molecular weight excluding hydrogens is 368 g/mol. The van der Waals surface area contributed by atoms with E-state index >= 15 is 0 Å². The van der Waals surface area contributed by atoms with Crippen LogP contribution >= 0.6 is 0 Å². The van der Waals surface area contributed by atoms with Crippen molar-refractivity contribution in [2.24, 2.45) is 17.8 Å². The number of methoxy groups -OCH3 is 1. The Kier molecular flexibility index (Phi) is 7.17. The van der Waals surface area contributed by atoms with Gasteiger partial charge in [-0.3, -0.25) is 9.59 Å². The Balaban J connectivity index is 1.71. The van der Waals surface area contributed by atoms with Crippen LogP contribution in [0.15, 0.2) is 24.3 Å². The number of hydrogen-bond donors (Lipinski definition) is 1. The monoisotopic (exact) mass is 402 g/mol. The highest BCUT2D eigenvalue weighted by molar-refractivity contribution is 5.86. The van der Waals surface area contributed by atoms with E-state index in [-0.39, 0.29) is 30.8 Å². The molecule has 1 aliphatic heterocycles. The summed E-state index contributed by atoms with van der Waals surface area (Å²) in [6, 6.07) is 7.65. The van der Waals surface area contributed by atoms with Gasteiger partial charge in [0.05, 0.1) is 32.8 Å². The SMILES string of the molecule is CNC(=O)CN(C(=O)Cc1cccc(OC)c1)[C@@H]1C[C@@H]2CO[C@H](C(C)C)C[C@@H]2C1. The van der Waals surface area contributed by atoms with Gasteiger partial charge in [-0.05, 0) is 54.7 Å². The van der Waals surface area contributed by atoms with Gasteiger partial charge in [0.2, 0.25) is 11.8 Å². The van der Waals surface area contributed by atoms with Crippen LogP contribution in [0.1, 0.15) is 38.7 Å². The van der Waals surface area contributed by atoms with Gasteiger partial charge in [0.1, 0.15) is 5.75 Å². The summed E-state index contributed by atoms with van der Waals surface area (Å²) in [5.41, 5.74) is 0.898. The van der Waals surface area contributed by atoms with Gasteiger partial charge in [0.25, 0.3) is 0 Å². The van der Waals surface area contributed by atoms with Crippen LogP contribution < -0.4 is 10.1 Å². The summed E-state index contributed by atoms with van der Waals surface area (Å²) in [6.45, 7) is 5.28. The zero-order valence-corrected chi connectivity index (χ0v) is 18.0. The molecule has 2 aliphatic rings. The second-order valence-electron chi connectivity index (χ2n) is 8.72. The maximum atomic E-state index is 13.2. The van der Waals surface area contributed by atoms with E-state index < -0.39 is 0 Å². The van der Waals surface area contributed by atoms with Crippen molar-refractivity contribution in [2.45, 2.75) is 51.7 Å². The van der Waals surface area contributed by atoms with Gasteiger partial charge in [0, 0.05) is 13.1 Å². The van der Waals surface area contributed by atoms with Crippen molar-refractivity contribution in [3.05, 3.63) is 29.8 Å². The minimum Gasteiger partial charge on any atom is -0.497 e. The third-order valence-electron chi connectivity index (χ3n) is 6.46. The second-order valence-corrected chi connectivity index (χ2v) is 8.72. The number of carbonyl (C=O) groups excluding carboxylic acids is 2. The third-order valence-corrected chi connectivity index (χ3v) is 6.46. The Morgan fingerprint density at radius 2 is 2.00 bits per heavy atom. The summed E-state index contributed by atoms with van der Waals surface area (Å²) >= 11 is 0. The first kappa shape index (κ1) is 21.6. The molecule has 1 heterocycles. The Morgan fingerprint density at radius 3 is 2.69 bits per heavy atom. The molecule has 0 aromatic heterocycles. The maximum Gasteiger partial charge on any atom is 0.239 e. The highest BCUT2D eigenvalue weighted by atomic mass is 16.5. The molecule has 1 aromatic carbocycles. The van der Waals surface area contributed by atoms with E-state index in [2.05, 4.69) is 19.2 Å². The van der Waals surface area contributed by atoms with Crippen LogP contribution in [0.2, 0.25) is 0 Å². The van der Waals surface area contributed by atoms with Gasteiger partial charge in [-0.1, -0.05) is 26.0 Å². The van der Waals surface area contributed by atoms with Gasteiger partial charge in [0.15, 0.2) is 0 Å². The fraction of sp³-hybridized carbons (Fsp3) is 0.652. The molecule has 1 aromatic rings. The highest BCUT2D eigenvalue weighted by Gasteiger charge is 2.43. The Morgan fingerprint density at radius 1 is 1.24 bits per heavy atom. The third kappa shape index (κ3) is 5.30. The van der Waals surface area contributed by atoms with Crippen molar-refractivity contribution in [3.8, 4) is 5.75 Å². The number of hydrogen-bond acceptors (Lipinski definition) is 4. The Bertz CT molecular complexity index is 721. The minimum absolute atomic E-state index is 0.00757.